The van der Waals surface area contributed by atoms with Crippen molar-refractivity contribution < 1.29 is 14.3 Å². The second kappa shape index (κ2) is 9.81. The fraction of sp³-hybridized carbons (Fsp3) is 0.462. The van der Waals surface area contributed by atoms with Gasteiger partial charge in [-0.15, -0.1) is 0 Å². The highest BCUT2D eigenvalue weighted by Gasteiger charge is 2.12. The van der Waals surface area contributed by atoms with Crippen molar-refractivity contribution in [1.82, 2.24) is 0 Å². The Hall–Kier alpha value is -1.39. The summed E-state index contributed by atoms with van der Waals surface area (Å²) in [5, 5.41) is 2.82. The summed E-state index contributed by atoms with van der Waals surface area (Å²) in [5.74, 6) is 0.128. The fourth-order valence-electron chi connectivity index (χ4n) is 1.32. The van der Waals surface area contributed by atoms with Crippen LogP contribution in [0.3, 0.4) is 0 Å². The van der Waals surface area contributed by atoms with E-state index in [1.54, 1.807) is 28.4 Å². The average Bonchev–Trinajstić information content (AvgIpc) is 2.31. The molecule has 1 aliphatic heterocycles. The standard InChI is InChI=1S/C9H9NO.2C2H6O/c11-9-6-5-7-3-1-2-4-8(7)10-9;2*1-3-2/h1-4H,5-6H2,(H,10,11);2*1-2H3. The number of fused-ring (bicyclic) bond motifs is 1. The number of anilines is 1. The summed E-state index contributed by atoms with van der Waals surface area (Å²) >= 11 is 0. The van der Waals surface area contributed by atoms with Crippen LogP contribution < -0.4 is 5.32 Å². The van der Waals surface area contributed by atoms with Crippen molar-refractivity contribution in [2.75, 3.05) is 33.8 Å². The molecule has 17 heavy (non-hydrogen) atoms. The Bertz CT molecular complexity index is 324. The summed E-state index contributed by atoms with van der Waals surface area (Å²) in [7, 11) is 6.50. The zero-order valence-electron chi connectivity index (χ0n) is 10.9. The molecule has 96 valence electrons. The van der Waals surface area contributed by atoms with Crippen molar-refractivity contribution in [3.63, 3.8) is 0 Å². The van der Waals surface area contributed by atoms with Crippen molar-refractivity contribution in [3.8, 4) is 0 Å². The van der Waals surface area contributed by atoms with E-state index < -0.39 is 0 Å². The number of carbonyl (C=O) groups is 1. The minimum Gasteiger partial charge on any atom is -0.388 e. The summed E-state index contributed by atoms with van der Waals surface area (Å²) < 4.78 is 8.50. The molecular formula is C13H21NO3. The molecule has 0 unspecified atom stereocenters. The predicted molar refractivity (Wildman–Crippen MR) is 69.3 cm³/mol. The third kappa shape index (κ3) is 6.71. The first-order chi connectivity index (χ1) is 8.19. The van der Waals surface area contributed by atoms with E-state index in [0.717, 1.165) is 12.1 Å². The molecule has 4 heteroatoms. The second-order valence-electron chi connectivity index (χ2n) is 3.52. The largest absolute Gasteiger partial charge is 0.388 e. The van der Waals surface area contributed by atoms with Crippen LogP contribution in [0.1, 0.15) is 12.0 Å². The molecule has 0 radical (unpaired) electrons. The van der Waals surface area contributed by atoms with Crippen molar-refractivity contribution in [2.45, 2.75) is 12.8 Å². The molecule has 0 saturated heterocycles. The molecule has 1 aliphatic rings. The number of aryl methyl sites for hydroxylation is 1. The lowest BCUT2D eigenvalue weighted by atomic mass is 10.0. The van der Waals surface area contributed by atoms with Crippen LogP contribution in [0.25, 0.3) is 0 Å². The quantitative estimate of drug-likeness (QED) is 0.754. The van der Waals surface area contributed by atoms with Gasteiger partial charge >= 0.3 is 0 Å². The molecule has 1 aromatic carbocycles. The van der Waals surface area contributed by atoms with Crippen molar-refractivity contribution in [2.24, 2.45) is 0 Å². The van der Waals surface area contributed by atoms with Gasteiger partial charge < -0.3 is 14.8 Å². The van der Waals surface area contributed by atoms with E-state index in [9.17, 15) is 4.79 Å². The Labute approximate surface area is 103 Å². The first kappa shape index (κ1) is 15.6. The van der Waals surface area contributed by atoms with Gasteiger partial charge in [0.15, 0.2) is 0 Å². The van der Waals surface area contributed by atoms with E-state index in [4.69, 9.17) is 0 Å². The van der Waals surface area contributed by atoms with Crippen LogP contribution in [-0.2, 0) is 20.7 Å². The number of benzene rings is 1. The van der Waals surface area contributed by atoms with Gasteiger partial charge in [0, 0.05) is 40.5 Å². The van der Waals surface area contributed by atoms with Crippen LogP contribution >= 0.6 is 0 Å². The van der Waals surface area contributed by atoms with E-state index in [0.29, 0.717) is 6.42 Å². The molecule has 4 nitrogen and oxygen atoms in total. The normalized spacial score (nSPS) is 12.1. The molecule has 2 rings (SSSR count). The van der Waals surface area contributed by atoms with Crippen molar-refractivity contribution >= 4 is 11.6 Å². The van der Waals surface area contributed by atoms with Crippen LogP contribution in [0.15, 0.2) is 24.3 Å². The number of hydrogen-bond acceptors (Lipinski definition) is 3. The van der Waals surface area contributed by atoms with Crippen LogP contribution in [0, 0.1) is 0 Å². The Morgan fingerprint density at radius 1 is 1.00 bits per heavy atom. The molecule has 0 atom stereocenters. The first-order valence-electron chi connectivity index (χ1n) is 5.37. The maximum absolute atomic E-state index is 10.9. The highest BCUT2D eigenvalue weighted by molar-refractivity contribution is 5.93. The number of methoxy groups -OCH3 is 2. The highest BCUT2D eigenvalue weighted by atomic mass is 16.5. The van der Waals surface area contributed by atoms with Gasteiger partial charge in [-0.1, -0.05) is 18.2 Å². The van der Waals surface area contributed by atoms with E-state index in [2.05, 4.69) is 20.9 Å². The van der Waals surface area contributed by atoms with Crippen LogP contribution in [0.5, 0.6) is 0 Å². The average molecular weight is 239 g/mol. The molecule has 1 heterocycles. The Kier molecular flexibility index (Phi) is 9.01. The molecule has 0 bridgehead atoms. The maximum atomic E-state index is 10.9. The molecule has 0 spiro atoms. The van der Waals surface area contributed by atoms with Gasteiger partial charge in [0.1, 0.15) is 0 Å². The number of hydrogen-bond donors (Lipinski definition) is 1. The van der Waals surface area contributed by atoms with Gasteiger partial charge in [-0.05, 0) is 18.1 Å². The van der Waals surface area contributed by atoms with E-state index in [1.807, 2.05) is 18.2 Å². The third-order valence-corrected chi connectivity index (χ3v) is 1.91. The molecule has 0 fully saturated rings. The third-order valence-electron chi connectivity index (χ3n) is 1.91. The Morgan fingerprint density at radius 2 is 1.53 bits per heavy atom. The van der Waals surface area contributed by atoms with Gasteiger partial charge in [0.25, 0.3) is 0 Å². The van der Waals surface area contributed by atoms with E-state index in [1.165, 1.54) is 5.56 Å². The van der Waals surface area contributed by atoms with E-state index in [-0.39, 0.29) is 5.91 Å². The monoisotopic (exact) mass is 239 g/mol. The minimum absolute atomic E-state index is 0.128. The number of rotatable bonds is 0. The molecular weight excluding hydrogens is 218 g/mol. The predicted octanol–water partition coefficient (Wildman–Crippen LogP) is 2.10. The van der Waals surface area contributed by atoms with Gasteiger partial charge in [0.2, 0.25) is 5.91 Å². The molecule has 0 aromatic heterocycles. The Balaban J connectivity index is 0.000000366. The maximum Gasteiger partial charge on any atom is 0.224 e. The molecule has 0 saturated carbocycles. The second-order valence-corrected chi connectivity index (χ2v) is 3.52. The number of ether oxygens (including phenoxy) is 2. The van der Waals surface area contributed by atoms with Crippen molar-refractivity contribution in [3.05, 3.63) is 29.8 Å². The van der Waals surface area contributed by atoms with Crippen LogP contribution in [0.4, 0.5) is 5.69 Å². The van der Waals surface area contributed by atoms with Crippen molar-refractivity contribution in [1.29, 1.82) is 0 Å². The Morgan fingerprint density at radius 3 is 2.12 bits per heavy atom. The van der Waals surface area contributed by atoms with E-state index >= 15 is 0 Å². The number of carbonyl (C=O) groups excluding carboxylic acids is 1. The smallest absolute Gasteiger partial charge is 0.224 e. The van der Waals surface area contributed by atoms with Crippen LogP contribution in [-0.4, -0.2) is 34.3 Å². The number of amides is 1. The summed E-state index contributed by atoms with van der Waals surface area (Å²) in [5.41, 5.74) is 2.22. The topological polar surface area (TPSA) is 47.6 Å². The van der Waals surface area contributed by atoms with Gasteiger partial charge in [-0.25, -0.2) is 0 Å². The SMILES string of the molecule is COC.COC.O=C1CCc2ccccc2N1. The summed E-state index contributed by atoms with van der Waals surface area (Å²) in [6, 6.07) is 7.92. The van der Waals surface area contributed by atoms with Crippen LogP contribution in [0.2, 0.25) is 0 Å². The zero-order chi connectivity index (χ0) is 13.1. The fourth-order valence-corrected chi connectivity index (χ4v) is 1.32. The summed E-state index contributed by atoms with van der Waals surface area (Å²) in [6.45, 7) is 0. The molecule has 0 aliphatic carbocycles. The zero-order valence-corrected chi connectivity index (χ0v) is 10.9. The first-order valence-corrected chi connectivity index (χ1v) is 5.37. The molecule has 1 amide bonds. The summed E-state index contributed by atoms with van der Waals surface area (Å²) in [6.07, 6.45) is 1.50. The number of nitrogens with one attached hydrogen (secondary N) is 1. The highest BCUT2D eigenvalue weighted by Crippen LogP contribution is 2.20. The number of para-hydroxylation sites is 1. The minimum atomic E-state index is 0.128. The molecule has 1 aromatic rings. The lowest BCUT2D eigenvalue weighted by Gasteiger charge is -2.15. The van der Waals surface area contributed by atoms with Gasteiger partial charge in [-0.2, -0.15) is 0 Å². The molecule has 1 N–H and O–H groups in total. The van der Waals surface area contributed by atoms with Gasteiger partial charge in [0.05, 0.1) is 0 Å². The van der Waals surface area contributed by atoms with Gasteiger partial charge in [-0.3, -0.25) is 4.79 Å². The lowest BCUT2D eigenvalue weighted by Crippen LogP contribution is -2.18. The summed E-state index contributed by atoms with van der Waals surface area (Å²) in [4.78, 5) is 10.9. The lowest BCUT2D eigenvalue weighted by molar-refractivity contribution is -0.116.